The molecule has 31 atom stereocenters. The SMILES string of the molecule is C.C.C.CC[C@H]1C(=O)C2C3CCC([C@H](C)CCC(=O)O)[C@@]3(C)CCC2[C@@]2(C)CC[C@@H](O)C[C@@H]12.CC[C@H]1C(=O)C2C3CCC([C@H](C)CCC(=O)OC)[C@@]3(C)CCC2[C@@]2(C)CC[C@@H](O)C[C@@H]12.[2H][B-]([2H])([2H])[2H].[2H][C@]1(O)C2C3CCC([C@H](C)CCC(=O)O)[C@@]3(C)CCC2[C@@]2(C)CC[C@@H](O)C[C@H]2[C@H]1CC.[Na+]. The zero-order valence-corrected chi connectivity index (χ0v) is 62.8. The van der Waals surface area contributed by atoms with Gasteiger partial charge in [0.1, 0.15) is 11.6 Å². The number of carboxylic acids is 2. The summed E-state index contributed by atoms with van der Waals surface area (Å²) in [6.07, 6.45) is 25.5. The van der Waals surface area contributed by atoms with E-state index in [0.29, 0.717) is 101 Å². The number of aliphatic hydroxyl groups is 4. The van der Waals surface area contributed by atoms with Gasteiger partial charge >= 0.3 is 47.5 Å². The summed E-state index contributed by atoms with van der Waals surface area (Å²) in [4.78, 5) is 61.8. The largest absolute Gasteiger partial charge is 1.00 e. The number of carbonyl (C=O) groups is 5. The van der Waals surface area contributed by atoms with E-state index < -0.39 is 26.3 Å². The molecular formula is C82H146BNaO12. The average molecular weight is 1360 g/mol. The average Bonchev–Trinajstić information content (AvgIpc) is 1.70. The van der Waals surface area contributed by atoms with Gasteiger partial charge < -0.3 is 35.4 Å². The van der Waals surface area contributed by atoms with Crippen LogP contribution in [0.3, 0.4) is 0 Å². The Morgan fingerprint density at radius 1 is 0.479 bits per heavy atom. The van der Waals surface area contributed by atoms with E-state index in [1.807, 2.05) is 0 Å². The fourth-order valence-electron chi connectivity index (χ4n) is 27.6. The van der Waals surface area contributed by atoms with Crippen LogP contribution in [0.25, 0.3) is 0 Å². The molecule has 12 aliphatic rings. The number of aliphatic carboxylic acids is 2. The molecule has 0 heterocycles. The Morgan fingerprint density at radius 3 is 1.14 bits per heavy atom. The molecule has 0 bridgehead atoms. The molecule has 0 aromatic rings. The van der Waals surface area contributed by atoms with Gasteiger partial charge in [0.25, 0.3) is 0 Å². The molecule has 550 valence electrons. The van der Waals surface area contributed by atoms with E-state index in [4.69, 9.17) is 20.3 Å². The summed E-state index contributed by atoms with van der Waals surface area (Å²) in [6, 6.07) is 0. The van der Waals surface area contributed by atoms with Crippen molar-refractivity contribution in [3.8, 4) is 0 Å². The molecule has 12 rings (SSSR count). The first kappa shape index (κ1) is 77.3. The van der Waals surface area contributed by atoms with Crippen molar-refractivity contribution >= 4 is 37.7 Å². The van der Waals surface area contributed by atoms with E-state index in [9.17, 15) is 45.8 Å². The second-order valence-electron chi connectivity index (χ2n) is 35.7. The number of fused-ring (bicyclic) bond motifs is 15. The van der Waals surface area contributed by atoms with Crippen molar-refractivity contribution in [3.05, 3.63) is 0 Å². The summed E-state index contributed by atoms with van der Waals surface area (Å²) in [5.41, 5.74) is 0.962. The summed E-state index contributed by atoms with van der Waals surface area (Å²) in [5.74, 6) is 6.42. The Balaban J connectivity index is 0.000000259. The van der Waals surface area contributed by atoms with Crippen LogP contribution in [-0.2, 0) is 28.7 Å². The van der Waals surface area contributed by atoms with Crippen LogP contribution in [0.4, 0.5) is 0 Å². The van der Waals surface area contributed by atoms with Crippen molar-refractivity contribution in [2.75, 3.05) is 7.11 Å². The number of esters is 1. The monoisotopic (exact) mass is 1360 g/mol. The molecule has 0 spiro atoms. The van der Waals surface area contributed by atoms with Gasteiger partial charge in [-0.2, -0.15) is 0 Å². The predicted octanol–water partition coefficient (Wildman–Crippen LogP) is 13.3. The number of methoxy groups -OCH3 is 1. The molecule has 0 aromatic carbocycles. The molecule has 0 radical (unpaired) electrons. The first-order valence-electron chi connectivity index (χ1n) is 40.9. The first-order chi connectivity index (χ1) is 45.3. The van der Waals surface area contributed by atoms with Crippen molar-refractivity contribution < 1.29 is 90.3 Å². The minimum Gasteiger partial charge on any atom is -0.481 e. The van der Waals surface area contributed by atoms with Crippen molar-refractivity contribution in [1.82, 2.24) is 0 Å². The second kappa shape index (κ2) is 33.2. The number of carbonyl (C=O) groups excluding carboxylic acids is 3. The molecule has 12 aliphatic carbocycles. The van der Waals surface area contributed by atoms with Gasteiger partial charge in [0.2, 0.25) is 0 Å². The summed E-state index contributed by atoms with van der Waals surface area (Å²) < 4.78 is 38.2. The van der Waals surface area contributed by atoms with E-state index in [1.165, 1.54) is 26.4 Å². The summed E-state index contributed by atoms with van der Waals surface area (Å²) >= 11 is 0. The number of ether oxygens (including phenoxy) is 1. The molecule has 12 nitrogen and oxygen atoms in total. The summed E-state index contributed by atoms with van der Waals surface area (Å²) in [7, 11) is -1.53. The molecule has 12 saturated carbocycles. The van der Waals surface area contributed by atoms with Crippen molar-refractivity contribution in [2.45, 2.75) is 322 Å². The topological polar surface area (TPSA) is 216 Å². The molecule has 96 heavy (non-hydrogen) atoms. The molecule has 12 unspecified atom stereocenters. The zero-order chi connectivity index (χ0) is 71.7. The van der Waals surface area contributed by atoms with Gasteiger partial charge in [0.05, 0.1) is 32.9 Å². The molecular weight excluding hydrogens is 1210 g/mol. The van der Waals surface area contributed by atoms with Gasteiger partial charge in [-0.05, 0) is 300 Å². The molecule has 0 aromatic heterocycles. The van der Waals surface area contributed by atoms with E-state index in [1.54, 1.807) is 0 Å². The van der Waals surface area contributed by atoms with Gasteiger partial charge in [-0.1, -0.05) is 120 Å². The molecule has 14 heteroatoms. The summed E-state index contributed by atoms with van der Waals surface area (Å²) in [5, 5.41) is 61.4. The van der Waals surface area contributed by atoms with Crippen LogP contribution in [0.15, 0.2) is 0 Å². The number of Topliss-reactive ketones (excluding diaryl/α,β-unsaturated/α-hetero) is 2. The third kappa shape index (κ3) is 14.9. The number of rotatable bonds is 15. The smallest absolute Gasteiger partial charge is 0.481 e. The zero-order valence-electron chi connectivity index (χ0n) is 65.8. The molecule has 0 amide bonds. The normalized spacial score (nSPS) is 48.5. The number of hydrogen-bond acceptors (Lipinski definition) is 10. The Bertz CT molecular complexity index is 2770. The van der Waals surface area contributed by atoms with Crippen LogP contribution in [-0.4, -0.2) is 105 Å². The maximum absolute atomic E-state index is 14.0. The van der Waals surface area contributed by atoms with Crippen molar-refractivity contribution in [3.63, 3.8) is 0 Å². The van der Waals surface area contributed by atoms with Crippen LogP contribution in [0.5, 0.6) is 0 Å². The maximum Gasteiger partial charge on any atom is 1.00 e. The quantitative estimate of drug-likeness (QED) is 0.0667. The molecule has 6 N–H and O–H groups in total. The van der Waals surface area contributed by atoms with Gasteiger partial charge in [-0.3, -0.25) is 24.0 Å². The standard InChI is InChI=1S/C27H44O4.C26H44O4.C26H42O4.3CH4.BH4.Na/c1-6-18-22-15-17(28)11-13-27(22,4)21-12-14-26(3)19(16(2)7-10-23(29)31-5)8-9-20(26)24(21)25(18)30;2*1-5-17-21-14-16(27)10-12-26(21,4)20-11-13-25(3)18(15(2)6-9-22(28)29)7-8-19(25)23(20)24(17)30;;;;;/h16-22,24,28H,6-15H2,1-5H3;15-21,23-24,27,30H,5-14H2,1-4H3,(H,28,29);15-21,23,27H,5-14H2,1-4H3,(H,28,29);4*1H4;/q;;;;;;-1;+1/t16-,17-,18-,19?,20?,21?,22+,24?,26-,27-;15-,16-,17-,18?,19?,20?,21+,23?,24-,25-,26-;15-,16-,17-,18?,19?,20?,21+,23?,25-,26-;;;;;/m111...../s1/i;24D;;;;;1D4;. The Labute approximate surface area is 616 Å². The van der Waals surface area contributed by atoms with Crippen LogP contribution in [0, 0.1) is 157 Å². The number of ketones is 2. The number of hydrogen-bond donors (Lipinski definition) is 6. The minimum atomic E-state index is -3.00. The van der Waals surface area contributed by atoms with Gasteiger partial charge in [-0.15, -0.1) is 0 Å². The Kier molecular flexibility index (Phi) is 26.7. The molecule has 0 saturated heterocycles. The third-order valence-corrected chi connectivity index (χ3v) is 32.3. The fourth-order valence-corrected chi connectivity index (χ4v) is 27.6. The van der Waals surface area contributed by atoms with Crippen molar-refractivity contribution in [2.24, 2.45) is 157 Å². The molecule has 0 aliphatic heterocycles. The maximum atomic E-state index is 14.0. The fraction of sp³-hybridized carbons (Fsp3) is 0.939. The number of aliphatic hydroxyl groups excluding tert-OH is 3. The van der Waals surface area contributed by atoms with Gasteiger partial charge in [0.15, 0.2) is 0 Å². The number of carboxylic acid groups (broad SMARTS) is 2. The van der Waals surface area contributed by atoms with E-state index in [0.717, 1.165) is 154 Å². The van der Waals surface area contributed by atoms with Crippen LogP contribution in [0.1, 0.15) is 299 Å². The summed E-state index contributed by atoms with van der Waals surface area (Å²) in [6.45, 7) is 27.8. The second-order valence-corrected chi connectivity index (χ2v) is 35.7. The third-order valence-electron chi connectivity index (χ3n) is 32.3. The van der Waals surface area contributed by atoms with Gasteiger partial charge in [-0.25, -0.2) is 5.34 Å². The van der Waals surface area contributed by atoms with Gasteiger partial charge in [0, 0.05) is 42.9 Å². The van der Waals surface area contributed by atoms with Crippen LogP contribution < -0.4 is 29.6 Å². The van der Waals surface area contributed by atoms with E-state index in [2.05, 4.69) is 83.1 Å². The molecule has 12 fully saturated rings. The minimum absolute atomic E-state index is 0. The van der Waals surface area contributed by atoms with E-state index >= 15 is 0 Å². The first-order valence-corrected chi connectivity index (χ1v) is 38.1. The van der Waals surface area contributed by atoms with E-state index in [-0.39, 0.29) is 163 Å². The predicted molar refractivity (Wildman–Crippen MR) is 387 cm³/mol. The van der Waals surface area contributed by atoms with Crippen molar-refractivity contribution in [1.29, 1.82) is 5.34 Å². The van der Waals surface area contributed by atoms with Crippen LogP contribution >= 0.6 is 0 Å². The van der Waals surface area contributed by atoms with Crippen LogP contribution in [0.2, 0.25) is 0 Å². The Morgan fingerprint density at radius 2 is 0.781 bits per heavy atom. The Hall–Kier alpha value is -1.35.